The van der Waals surface area contributed by atoms with E-state index in [1.54, 1.807) is 24.3 Å². The van der Waals surface area contributed by atoms with E-state index >= 15 is 0 Å². The molecule has 1 aliphatic heterocycles. The molecule has 0 fully saturated rings. The predicted molar refractivity (Wildman–Crippen MR) is 91.0 cm³/mol. The summed E-state index contributed by atoms with van der Waals surface area (Å²) in [7, 11) is 0. The Labute approximate surface area is 159 Å². The first-order valence-electron chi connectivity index (χ1n) is 7.90. The third kappa shape index (κ3) is 2.67. The topological polar surface area (TPSA) is 177 Å². The number of nitrogens with one attached hydrogen (secondary N) is 1. The van der Waals surface area contributed by atoms with Crippen LogP contribution in [-0.2, 0) is 9.53 Å². The lowest BCUT2D eigenvalue weighted by Gasteiger charge is -2.41. The van der Waals surface area contributed by atoms with Crippen LogP contribution in [0.2, 0.25) is 0 Å². The van der Waals surface area contributed by atoms with Gasteiger partial charge in [0.2, 0.25) is 10.8 Å². The number of benzene rings is 1. The van der Waals surface area contributed by atoms with Gasteiger partial charge in [0.1, 0.15) is 0 Å². The van der Waals surface area contributed by atoms with Crippen LogP contribution in [0, 0.1) is 66.3 Å². The van der Waals surface area contributed by atoms with Crippen LogP contribution >= 0.6 is 0 Å². The van der Waals surface area contributed by atoms with Gasteiger partial charge in [0.15, 0.2) is 0 Å². The first-order valence-corrected chi connectivity index (χ1v) is 7.90. The zero-order valence-electron chi connectivity index (χ0n) is 14.5. The van der Waals surface area contributed by atoms with Crippen LogP contribution in [0.5, 0.6) is 0 Å². The van der Waals surface area contributed by atoms with Gasteiger partial charge in [-0.3, -0.25) is 10.1 Å². The molecule has 0 spiro atoms. The Bertz CT molecular complexity index is 989. The molecule has 0 aliphatic carbocycles. The number of nitriles is 4. The van der Waals surface area contributed by atoms with E-state index in [1.165, 1.54) is 31.2 Å². The molecule has 10 heteroatoms. The molecule has 10 nitrogen and oxygen atoms in total. The molecule has 2 rings (SSSR count). The molecule has 1 aliphatic rings. The van der Waals surface area contributed by atoms with E-state index in [0.717, 1.165) is 6.20 Å². The molecule has 1 aromatic rings. The standard InChI is InChI=1S/C18H12N6O4/c1-2-28-16(25)14-7-23-15(12-3-5-13(6-4-12)24(26)27)18(10-21,11-22)17(14,8-19)9-20/h3-7,15,23H,2H2,1H3. The average molecular weight is 376 g/mol. The van der Waals surface area contributed by atoms with Gasteiger partial charge in [-0.05, 0) is 12.5 Å². The van der Waals surface area contributed by atoms with E-state index in [0.29, 0.717) is 0 Å². The molecule has 1 heterocycles. The number of non-ortho nitro benzene ring substituents is 1. The van der Waals surface area contributed by atoms with Gasteiger partial charge in [0.05, 0.1) is 47.4 Å². The van der Waals surface area contributed by atoms with Crippen molar-refractivity contribution in [3.05, 3.63) is 51.7 Å². The molecule has 0 saturated heterocycles. The Morgan fingerprint density at radius 2 is 1.75 bits per heavy atom. The van der Waals surface area contributed by atoms with E-state index in [-0.39, 0.29) is 17.9 Å². The summed E-state index contributed by atoms with van der Waals surface area (Å²) in [6.45, 7) is 1.48. The number of hydrogen-bond donors (Lipinski definition) is 1. The van der Waals surface area contributed by atoms with Gasteiger partial charge in [-0.15, -0.1) is 0 Å². The molecular weight excluding hydrogens is 364 g/mol. The number of nitrogens with zero attached hydrogens (tertiary/aromatic N) is 5. The van der Waals surface area contributed by atoms with Crippen LogP contribution in [0.15, 0.2) is 36.0 Å². The second-order valence-corrected chi connectivity index (χ2v) is 5.73. The van der Waals surface area contributed by atoms with Crippen LogP contribution < -0.4 is 5.32 Å². The zero-order chi connectivity index (χ0) is 20.9. The Hall–Kier alpha value is -4.41. The molecule has 0 saturated carbocycles. The minimum absolute atomic E-state index is 0.0407. The number of carbonyl (C=O) groups is 1. The molecule has 1 N–H and O–H groups in total. The minimum Gasteiger partial charge on any atom is -0.463 e. The molecule has 0 amide bonds. The van der Waals surface area contributed by atoms with E-state index in [4.69, 9.17) is 4.74 Å². The highest BCUT2D eigenvalue weighted by atomic mass is 16.6. The molecular formula is C18H12N6O4. The van der Waals surface area contributed by atoms with Crippen molar-refractivity contribution in [3.8, 4) is 24.3 Å². The summed E-state index contributed by atoms with van der Waals surface area (Å²) >= 11 is 0. The number of carbonyl (C=O) groups excluding carboxylic acids is 1. The van der Waals surface area contributed by atoms with E-state index in [9.17, 15) is 36.0 Å². The Morgan fingerprint density at radius 1 is 1.18 bits per heavy atom. The summed E-state index contributed by atoms with van der Waals surface area (Å²) < 4.78 is 4.86. The quantitative estimate of drug-likeness (QED) is 0.465. The molecule has 0 bridgehead atoms. The average Bonchev–Trinajstić information content (AvgIpc) is 2.72. The fraction of sp³-hybridized carbons (Fsp3) is 0.278. The van der Waals surface area contributed by atoms with Crippen molar-refractivity contribution < 1.29 is 14.5 Å². The number of rotatable bonds is 4. The summed E-state index contributed by atoms with van der Waals surface area (Å²) in [4.78, 5) is 22.5. The number of nitro benzene ring substituents is 1. The zero-order valence-corrected chi connectivity index (χ0v) is 14.5. The fourth-order valence-electron chi connectivity index (χ4n) is 3.03. The highest BCUT2D eigenvalue weighted by molar-refractivity contribution is 5.93. The van der Waals surface area contributed by atoms with Gasteiger partial charge < -0.3 is 10.1 Å². The smallest absolute Gasteiger partial charge is 0.338 e. The second kappa shape index (κ2) is 7.45. The summed E-state index contributed by atoms with van der Waals surface area (Å²) in [5, 5.41) is 52.8. The maximum Gasteiger partial charge on any atom is 0.338 e. The van der Waals surface area contributed by atoms with Crippen LogP contribution in [-0.4, -0.2) is 17.5 Å². The number of ether oxygens (including phenoxy) is 1. The maximum absolute atomic E-state index is 12.3. The molecule has 0 radical (unpaired) electrons. The molecule has 0 aromatic heterocycles. The highest BCUT2D eigenvalue weighted by Crippen LogP contribution is 2.54. The van der Waals surface area contributed by atoms with Gasteiger partial charge in [-0.2, -0.15) is 21.0 Å². The van der Waals surface area contributed by atoms with Crippen LogP contribution in [0.25, 0.3) is 0 Å². The molecule has 28 heavy (non-hydrogen) atoms. The summed E-state index contributed by atoms with van der Waals surface area (Å²) in [6, 6.07) is 10.5. The lowest BCUT2D eigenvalue weighted by Crippen LogP contribution is -2.53. The third-order valence-corrected chi connectivity index (χ3v) is 4.44. The Morgan fingerprint density at radius 3 is 2.18 bits per heavy atom. The summed E-state index contributed by atoms with van der Waals surface area (Å²) in [5.74, 6) is -1.00. The molecule has 1 atom stereocenters. The SMILES string of the molecule is CCOC(=O)C1=CNC(c2ccc([N+](=O)[O-])cc2)C(C#N)(C#N)C1(C#N)C#N. The Balaban J connectivity index is 2.74. The van der Waals surface area contributed by atoms with Crippen molar-refractivity contribution in [1.82, 2.24) is 5.32 Å². The van der Waals surface area contributed by atoms with Crippen molar-refractivity contribution in [2.24, 2.45) is 10.8 Å². The van der Waals surface area contributed by atoms with Gasteiger partial charge in [-0.1, -0.05) is 12.1 Å². The van der Waals surface area contributed by atoms with E-state index in [2.05, 4.69) is 5.32 Å². The maximum atomic E-state index is 12.3. The minimum atomic E-state index is -2.44. The lowest BCUT2D eigenvalue weighted by molar-refractivity contribution is -0.384. The second-order valence-electron chi connectivity index (χ2n) is 5.73. The first kappa shape index (κ1) is 19.9. The van der Waals surface area contributed by atoms with Crippen molar-refractivity contribution in [2.75, 3.05) is 6.61 Å². The Kier molecular flexibility index (Phi) is 5.30. The summed E-state index contributed by atoms with van der Waals surface area (Å²) in [5.41, 5.74) is -5.19. The van der Waals surface area contributed by atoms with Gasteiger partial charge in [-0.25, -0.2) is 4.79 Å². The van der Waals surface area contributed by atoms with Crippen LogP contribution in [0.4, 0.5) is 5.69 Å². The molecule has 1 unspecified atom stereocenters. The lowest BCUT2D eigenvalue weighted by atomic mass is 9.56. The van der Waals surface area contributed by atoms with E-state index < -0.39 is 33.3 Å². The normalized spacial score (nSPS) is 18.6. The van der Waals surface area contributed by atoms with E-state index in [1.807, 2.05) is 0 Å². The number of nitro groups is 1. The van der Waals surface area contributed by atoms with Gasteiger partial charge in [0, 0.05) is 18.3 Å². The van der Waals surface area contributed by atoms with Crippen LogP contribution in [0.1, 0.15) is 18.5 Å². The van der Waals surface area contributed by atoms with Crippen molar-refractivity contribution in [1.29, 1.82) is 21.0 Å². The van der Waals surface area contributed by atoms with Gasteiger partial charge >= 0.3 is 5.97 Å². The molecule has 138 valence electrons. The monoisotopic (exact) mass is 376 g/mol. The van der Waals surface area contributed by atoms with Crippen molar-refractivity contribution in [3.63, 3.8) is 0 Å². The largest absolute Gasteiger partial charge is 0.463 e. The van der Waals surface area contributed by atoms with Crippen molar-refractivity contribution >= 4 is 11.7 Å². The van der Waals surface area contributed by atoms with Gasteiger partial charge in [0.25, 0.3) is 5.69 Å². The van der Waals surface area contributed by atoms with Crippen molar-refractivity contribution in [2.45, 2.75) is 13.0 Å². The molecule has 1 aromatic carbocycles. The van der Waals surface area contributed by atoms with Crippen LogP contribution in [0.3, 0.4) is 0 Å². The third-order valence-electron chi connectivity index (χ3n) is 4.44. The fourth-order valence-corrected chi connectivity index (χ4v) is 3.03. The predicted octanol–water partition coefficient (Wildman–Crippen LogP) is 1.75. The first-order chi connectivity index (χ1) is 13.4. The number of esters is 1. The summed E-state index contributed by atoms with van der Waals surface area (Å²) in [6.07, 6.45) is 1.07. The highest BCUT2D eigenvalue weighted by Gasteiger charge is 2.65. The number of hydrogen-bond acceptors (Lipinski definition) is 9.